The van der Waals surface area contributed by atoms with Gasteiger partial charge in [0.1, 0.15) is 36.0 Å². The van der Waals surface area contributed by atoms with Crippen molar-refractivity contribution in [1.29, 1.82) is 0 Å². The van der Waals surface area contributed by atoms with E-state index in [9.17, 15) is 39.0 Å². The molecule has 1 aromatic carbocycles. The number of hydrogen-bond donors (Lipinski definition) is 6. The molecule has 0 aromatic heterocycles. The maximum Gasteiger partial charge on any atom is 0.326 e. The molecule has 0 radical (unpaired) electrons. The van der Waals surface area contributed by atoms with Gasteiger partial charge in [-0.25, -0.2) is 4.79 Å². The summed E-state index contributed by atoms with van der Waals surface area (Å²) in [7, 11) is 0. The van der Waals surface area contributed by atoms with Gasteiger partial charge in [0.05, 0.1) is 0 Å². The number of likely N-dealkylation sites (tertiary alicyclic amines) is 1. The molecule has 5 amide bonds. The van der Waals surface area contributed by atoms with Crippen LogP contribution in [0, 0.1) is 5.92 Å². The normalized spacial score (nSPS) is 16.3. The summed E-state index contributed by atoms with van der Waals surface area (Å²) >= 11 is 0. The largest absolute Gasteiger partial charge is 0.508 e. The Hall–Kier alpha value is -4.16. The Morgan fingerprint density at radius 3 is 1.87 bits per heavy atom. The number of benzene rings is 1. The van der Waals surface area contributed by atoms with Gasteiger partial charge in [0.15, 0.2) is 0 Å². The summed E-state index contributed by atoms with van der Waals surface area (Å²) in [5.41, 5.74) is 0.602. The number of phenols is 1. The number of nitrogens with one attached hydrogen (secondary N) is 4. The Kier molecular flexibility index (Phi) is 20.6. The van der Waals surface area contributed by atoms with Crippen molar-refractivity contribution in [1.82, 2.24) is 26.2 Å². The van der Waals surface area contributed by atoms with E-state index in [-0.39, 0.29) is 30.5 Å². The molecule has 0 bridgehead atoms. The van der Waals surface area contributed by atoms with E-state index in [0.29, 0.717) is 31.2 Å². The molecule has 1 fully saturated rings. The molecule has 5 atom stereocenters. The lowest BCUT2D eigenvalue weighted by Gasteiger charge is -2.29. The number of carbonyl (C=O) groups is 6. The number of nitrogens with zero attached hydrogens (tertiary/aromatic N) is 1. The number of aromatic hydroxyl groups is 1. The van der Waals surface area contributed by atoms with Gasteiger partial charge in [0.2, 0.25) is 29.5 Å². The Morgan fingerprint density at radius 2 is 1.30 bits per heavy atom. The van der Waals surface area contributed by atoms with Crippen molar-refractivity contribution in [3.8, 4) is 5.75 Å². The second kappa shape index (κ2) is 24.2. The van der Waals surface area contributed by atoms with Crippen molar-refractivity contribution in [2.45, 2.75) is 168 Å². The van der Waals surface area contributed by atoms with Gasteiger partial charge in [-0.3, -0.25) is 24.0 Å². The van der Waals surface area contributed by atoms with E-state index in [1.807, 2.05) is 13.8 Å². The fourth-order valence-electron chi connectivity index (χ4n) is 6.59. The maximum absolute atomic E-state index is 13.4. The Morgan fingerprint density at radius 1 is 0.736 bits per heavy atom. The van der Waals surface area contributed by atoms with Crippen LogP contribution in [0.25, 0.3) is 0 Å². The molecule has 298 valence electrons. The van der Waals surface area contributed by atoms with E-state index >= 15 is 0 Å². The molecule has 13 heteroatoms. The number of rotatable bonds is 25. The predicted octanol–water partition coefficient (Wildman–Crippen LogP) is 4.74. The Labute approximate surface area is 315 Å². The predicted molar refractivity (Wildman–Crippen MR) is 204 cm³/mol. The van der Waals surface area contributed by atoms with Gasteiger partial charge >= 0.3 is 5.97 Å². The molecule has 0 spiro atoms. The Balaban J connectivity index is 1.83. The average molecular weight is 744 g/mol. The summed E-state index contributed by atoms with van der Waals surface area (Å²) in [5, 5.41) is 29.9. The van der Waals surface area contributed by atoms with Crippen molar-refractivity contribution in [3.63, 3.8) is 0 Å². The van der Waals surface area contributed by atoms with Gasteiger partial charge in [-0.1, -0.05) is 97.1 Å². The SMILES string of the molecule is CCCCCCCCCCCCCC(=O)N[C@@H](CC(C)C)C(=O)N[C@@H](C)C(=O)N[C@@H](C)C(=O)N1CCC[C@H]1C(=O)N[C@@H](Cc1ccc(O)cc1)C(=O)O. The summed E-state index contributed by atoms with van der Waals surface area (Å²) in [4.78, 5) is 78.9. The van der Waals surface area contributed by atoms with E-state index < -0.39 is 59.8 Å². The van der Waals surface area contributed by atoms with Crippen molar-refractivity contribution in [3.05, 3.63) is 29.8 Å². The first-order chi connectivity index (χ1) is 25.2. The standard InChI is InChI=1S/C40H65N5O8/c1-6-7-8-9-10-11-12-13-14-15-16-19-35(47)43-32(25-27(2)3)37(49)41-28(4)36(48)42-29(5)39(51)45-24-17-18-34(45)38(50)44-33(40(52)53)26-30-20-22-31(46)23-21-30/h20-23,27-29,32-34,46H,6-19,24-26H2,1-5H3,(H,41,49)(H,42,48)(H,43,47)(H,44,50)(H,52,53)/t28-,29-,32-,33-,34-/m0/s1. The van der Waals surface area contributed by atoms with Gasteiger partial charge in [-0.05, 0) is 63.1 Å². The number of carbonyl (C=O) groups excluding carboxylic acids is 5. The van der Waals surface area contributed by atoms with Crippen LogP contribution < -0.4 is 21.3 Å². The highest BCUT2D eigenvalue weighted by Gasteiger charge is 2.38. The number of phenolic OH excluding ortho intramolecular Hbond substituents is 1. The van der Waals surface area contributed by atoms with Crippen molar-refractivity contribution in [2.24, 2.45) is 5.92 Å². The molecule has 1 aliphatic rings. The first kappa shape index (κ1) is 45.0. The zero-order valence-corrected chi connectivity index (χ0v) is 32.6. The number of amides is 5. The van der Waals surface area contributed by atoms with Crippen LogP contribution in [0.15, 0.2) is 24.3 Å². The second-order valence-electron chi connectivity index (χ2n) is 15.0. The summed E-state index contributed by atoms with van der Waals surface area (Å²) < 4.78 is 0. The highest BCUT2D eigenvalue weighted by atomic mass is 16.4. The highest BCUT2D eigenvalue weighted by molar-refractivity contribution is 5.96. The van der Waals surface area contributed by atoms with Crippen LogP contribution in [-0.4, -0.2) is 87.4 Å². The fourth-order valence-corrected chi connectivity index (χ4v) is 6.59. The van der Waals surface area contributed by atoms with Gasteiger partial charge < -0.3 is 36.4 Å². The number of hydrogen-bond acceptors (Lipinski definition) is 7. The summed E-state index contributed by atoms with van der Waals surface area (Å²) in [6.45, 7) is 9.36. The van der Waals surface area contributed by atoms with E-state index in [0.717, 1.165) is 19.3 Å². The molecule has 0 unspecified atom stereocenters. The fraction of sp³-hybridized carbons (Fsp3) is 0.700. The third-order valence-electron chi connectivity index (χ3n) is 9.68. The number of unbranched alkanes of at least 4 members (excludes halogenated alkanes) is 10. The molecule has 1 aliphatic heterocycles. The quantitative estimate of drug-likeness (QED) is 0.0774. The third-order valence-corrected chi connectivity index (χ3v) is 9.68. The molecular formula is C40H65N5O8. The number of carboxylic acid groups (broad SMARTS) is 1. The van der Waals surface area contributed by atoms with Gasteiger partial charge in [0, 0.05) is 19.4 Å². The van der Waals surface area contributed by atoms with E-state index in [2.05, 4.69) is 28.2 Å². The molecule has 2 rings (SSSR count). The molecule has 1 heterocycles. The smallest absolute Gasteiger partial charge is 0.326 e. The second-order valence-corrected chi connectivity index (χ2v) is 15.0. The molecule has 13 nitrogen and oxygen atoms in total. The molecular weight excluding hydrogens is 678 g/mol. The summed E-state index contributed by atoms with van der Waals surface area (Å²) in [5.74, 6) is -3.49. The number of aliphatic carboxylic acids is 1. The lowest BCUT2D eigenvalue weighted by molar-refractivity contribution is -0.144. The first-order valence-electron chi connectivity index (χ1n) is 19.7. The van der Waals surface area contributed by atoms with E-state index in [4.69, 9.17) is 0 Å². The van der Waals surface area contributed by atoms with Crippen LogP contribution in [0.4, 0.5) is 0 Å². The minimum absolute atomic E-state index is 0.0147. The third kappa shape index (κ3) is 17.0. The van der Waals surface area contributed by atoms with Crippen LogP contribution >= 0.6 is 0 Å². The van der Waals surface area contributed by atoms with Crippen LogP contribution in [0.2, 0.25) is 0 Å². The first-order valence-corrected chi connectivity index (χ1v) is 19.7. The minimum atomic E-state index is -1.25. The van der Waals surface area contributed by atoms with Crippen molar-refractivity contribution in [2.75, 3.05) is 6.54 Å². The average Bonchev–Trinajstić information content (AvgIpc) is 3.60. The Bertz CT molecular complexity index is 1320. The van der Waals surface area contributed by atoms with E-state index in [1.54, 1.807) is 12.1 Å². The summed E-state index contributed by atoms with van der Waals surface area (Å²) in [6, 6.07) is 0.985. The van der Waals surface area contributed by atoms with Crippen molar-refractivity contribution >= 4 is 35.5 Å². The van der Waals surface area contributed by atoms with Crippen LogP contribution in [-0.2, 0) is 35.2 Å². The van der Waals surface area contributed by atoms with Gasteiger partial charge in [-0.15, -0.1) is 0 Å². The zero-order chi connectivity index (χ0) is 39.3. The van der Waals surface area contributed by atoms with E-state index in [1.165, 1.54) is 82.2 Å². The molecule has 0 aliphatic carbocycles. The van der Waals surface area contributed by atoms with Crippen molar-refractivity contribution < 1.29 is 39.0 Å². The highest BCUT2D eigenvalue weighted by Crippen LogP contribution is 2.20. The lowest BCUT2D eigenvalue weighted by atomic mass is 10.0. The molecule has 1 aromatic rings. The van der Waals surface area contributed by atoms with Crippen LogP contribution in [0.5, 0.6) is 5.75 Å². The van der Waals surface area contributed by atoms with Gasteiger partial charge in [-0.2, -0.15) is 0 Å². The van der Waals surface area contributed by atoms with Crippen LogP contribution in [0.1, 0.15) is 136 Å². The van der Waals surface area contributed by atoms with Gasteiger partial charge in [0.25, 0.3) is 0 Å². The monoisotopic (exact) mass is 743 g/mol. The number of carboxylic acids is 1. The maximum atomic E-state index is 13.4. The molecule has 6 N–H and O–H groups in total. The molecule has 53 heavy (non-hydrogen) atoms. The van der Waals surface area contributed by atoms with Crippen LogP contribution in [0.3, 0.4) is 0 Å². The molecule has 0 saturated carbocycles. The minimum Gasteiger partial charge on any atom is -0.508 e. The summed E-state index contributed by atoms with van der Waals surface area (Å²) in [6.07, 6.45) is 14.5. The zero-order valence-electron chi connectivity index (χ0n) is 32.6. The topological polar surface area (TPSA) is 194 Å². The lowest BCUT2D eigenvalue weighted by Crippen LogP contribution is -2.57. The molecule has 1 saturated heterocycles.